The summed E-state index contributed by atoms with van der Waals surface area (Å²) in [7, 11) is 0. The fraction of sp³-hybridized carbons (Fsp3) is 0.600. The number of amides is 1. The Hall–Kier alpha value is -2.19. The average Bonchev–Trinajstić information content (AvgIpc) is 2.82. The van der Waals surface area contributed by atoms with Crippen LogP contribution in [0.5, 0.6) is 0 Å². The number of aromatic nitrogens is 2. The summed E-state index contributed by atoms with van der Waals surface area (Å²) in [5.41, 5.74) is 0.505. The van der Waals surface area contributed by atoms with E-state index in [4.69, 9.17) is 9.72 Å². The normalized spacial score (nSPS) is 18.0. The van der Waals surface area contributed by atoms with Gasteiger partial charge in [0.25, 0.3) is 11.5 Å². The highest BCUT2D eigenvalue weighted by Gasteiger charge is 2.26. The molecule has 0 atom stereocenters. The Balaban J connectivity index is 1.73. The third kappa shape index (κ3) is 5.32. The first-order chi connectivity index (χ1) is 15.8. The fourth-order valence-corrected chi connectivity index (χ4v) is 5.60. The number of benzene rings is 1. The number of rotatable bonds is 5. The zero-order valence-electron chi connectivity index (χ0n) is 19.8. The van der Waals surface area contributed by atoms with Crippen molar-refractivity contribution in [3.05, 3.63) is 34.1 Å². The Labute approximate surface area is 198 Å². The lowest BCUT2D eigenvalue weighted by molar-refractivity contribution is -0.123. The molecule has 2 aliphatic rings. The van der Waals surface area contributed by atoms with Crippen molar-refractivity contribution in [3.8, 4) is 0 Å². The molecule has 1 saturated heterocycles. The highest BCUT2D eigenvalue weighted by Crippen LogP contribution is 2.32. The second-order valence-corrected chi connectivity index (χ2v) is 10.9. The van der Waals surface area contributed by atoms with Gasteiger partial charge < -0.3 is 9.64 Å². The van der Waals surface area contributed by atoms with Gasteiger partial charge in [-0.05, 0) is 31.0 Å². The Kier molecular flexibility index (Phi) is 7.24. The third-order valence-corrected chi connectivity index (χ3v) is 7.48. The monoisotopic (exact) mass is 471 g/mol. The standard InChI is InChI=1S/C25H33N3O4S/c1-25(2,3)21(29)16-33-24-26-20-15-17(22(30)27-11-13-32-14-12-27)9-10-19(20)23(31)28(24)18-7-5-4-6-8-18/h9-10,15,18H,4-8,11-14,16H2,1-3H3. The van der Waals surface area contributed by atoms with Crippen molar-refractivity contribution >= 4 is 34.4 Å². The van der Waals surface area contributed by atoms with Gasteiger partial charge in [-0.15, -0.1) is 0 Å². The van der Waals surface area contributed by atoms with Crippen LogP contribution in [0.1, 0.15) is 69.3 Å². The molecule has 0 unspecified atom stereocenters. The molecule has 1 amide bonds. The highest BCUT2D eigenvalue weighted by molar-refractivity contribution is 7.99. The van der Waals surface area contributed by atoms with Crippen LogP contribution in [-0.2, 0) is 9.53 Å². The van der Waals surface area contributed by atoms with Gasteiger partial charge in [-0.2, -0.15) is 0 Å². The van der Waals surface area contributed by atoms with Gasteiger partial charge in [0.1, 0.15) is 5.78 Å². The van der Waals surface area contributed by atoms with Gasteiger partial charge in [0.05, 0.1) is 29.9 Å². The summed E-state index contributed by atoms with van der Waals surface area (Å²) in [5, 5.41) is 1.10. The Morgan fingerprint density at radius 3 is 2.48 bits per heavy atom. The number of carbonyl (C=O) groups is 2. The molecule has 7 nitrogen and oxygen atoms in total. The molecule has 0 radical (unpaired) electrons. The molecule has 0 spiro atoms. The maximum atomic E-state index is 13.6. The zero-order chi connectivity index (χ0) is 23.6. The van der Waals surface area contributed by atoms with Gasteiger partial charge in [-0.3, -0.25) is 19.0 Å². The third-order valence-electron chi connectivity index (χ3n) is 6.52. The summed E-state index contributed by atoms with van der Waals surface area (Å²) in [6.07, 6.45) is 5.26. The molecule has 1 aliphatic heterocycles. The molecular formula is C25H33N3O4S. The Morgan fingerprint density at radius 1 is 1.12 bits per heavy atom. The van der Waals surface area contributed by atoms with Crippen molar-refractivity contribution in [2.24, 2.45) is 5.41 Å². The van der Waals surface area contributed by atoms with Crippen LogP contribution in [0.3, 0.4) is 0 Å². The topological polar surface area (TPSA) is 81.5 Å². The summed E-state index contributed by atoms with van der Waals surface area (Å²) >= 11 is 1.34. The second kappa shape index (κ2) is 9.97. The first-order valence-corrected chi connectivity index (χ1v) is 12.8. The number of nitrogens with zero attached hydrogens (tertiary/aromatic N) is 3. The van der Waals surface area contributed by atoms with E-state index in [1.54, 1.807) is 23.1 Å². The summed E-state index contributed by atoms with van der Waals surface area (Å²) in [4.78, 5) is 45.7. The lowest BCUT2D eigenvalue weighted by Crippen LogP contribution is -2.40. The van der Waals surface area contributed by atoms with Crippen molar-refractivity contribution < 1.29 is 14.3 Å². The smallest absolute Gasteiger partial charge is 0.262 e. The van der Waals surface area contributed by atoms with Crippen LogP contribution < -0.4 is 5.56 Å². The number of hydrogen-bond donors (Lipinski definition) is 0. The maximum Gasteiger partial charge on any atom is 0.262 e. The van der Waals surface area contributed by atoms with E-state index in [-0.39, 0.29) is 29.0 Å². The molecule has 1 aromatic heterocycles. The lowest BCUT2D eigenvalue weighted by Gasteiger charge is -2.27. The first-order valence-electron chi connectivity index (χ1n) is 11.8. The number of fused-ring (bicyclic) bond motifs is 1. The zero-order valence-corrected chi connectivity index (χ0v) is 20.6. The highest BCUT2D eigenvalue weighted by atomic mass is 32.2. The number of ether oxygens (including phenoxy) is 1. The molecule has 2 fully saturated rings. The van der Waals surface area contributed by atoms with Crippen molar-refractivity contribution in [3.63, 3.8) is 0 Å². The van der Waals surface area contributed by atoms with E-state index in [1.165, 1.54) is 18.2 Å². The van der Waals surface area contributed by atoms with Crippen molar-refractivity contribution in [2.45, 2.75) is 64.1 Å². The molecule has 8 heteroatoms. The van der Waals surface area contributed by atoms with Gasteiger partial charge in [-0.1, -0.05) is 51.8 Å². The van der Waals surface area contributed by atoms with E-state index >= 15 is 0 Å². The van der Waals surface area contributed by atoms with E-state index in [1.807, 2.05) is 25.3 Å². The van der Waals surface area contributed by atoms with Crippen LogP contribution in [0.15, 0.2) is 28.2 Å². The van der Waals surface area contributed by atoms with Crippen LogP contribution in [0, 0.1) is 5.41 Å². The van der Waals surface area contributed by atoms with E-state index in [0.29, 0.717) is 47.9 Å². The molecule has 1 aliphatic carbocycles. The van der Waals surface area contributed by atoms with Crippen molar-refractivity contribution in [1.29, 1.82) is 0 Å². The largest absolute Gasteiger partial charge is 0.378 e. The summed E-state index contributed by atoms with van der Waals surface area (Å²) in [6, 6.07) is 5.27. The van der Waals surface area contributed by atoms with E-state index in [9.17, 15) is 14.4 Å². The van der Waals surface area contributed by atoms with Crippen molar-refractivity contribution in [1.82, 2.24) is 14.5 Å². The van der Waals surface area contributed by atoms with Crippen molar-refractivity contribution in [2.75, 3.05) is 32.1 Å². The van der Waals surface area contributed by atoms with Gasteiger partial charge in [-0.25, -0.2) is 4.98 Å². The minimum Gasteiger partial charge on any atom is -0.378 e. The van der Waals surface area contributed by atoms with Crippen LogP contribution in [-0.4, -0.2) is 58.2 Å². The van der Waals surface area contributed by atoms with Gasteiger partial charge in [0, 0.05) is 30.1 Å². The minimum atomic E-state index is -0.447. The molecular weight excluding hydrogens is 438 g/mol. The molecule has 4 rings (SSSR count). The lowest BCUT2D eigenvalue weighted by atomic mass is 9.92. The SMILES string of the molecule is CC(C)(C)C(=O)CSc1nc2cc(C(=O)N3CCOCC3)ccc2c(=O)n1C1CCCCC1. The van der Waals surface area contributed by atoms with E-state index < -0.39 is 5.41 Å². The van der Waals surface area contributed by atoms with Gasteiger partial charge >= 0.3 is 0 Å². The minimum absolute atomic E-state index is 0.0735. The van der Waals surface area contributed by atoms with Crippen LogP contribution in [0.25, 0.3) is 10.9 Å². The molecule has 0 bridgehead atoms. The number of carbonyl (C=O) groups excluding carboxylic acids is 2. The average molecular weight is 472 g/mol. The molecule has 178 valence electrons. The number of ketones is 1. The molecule has 0 N–H and O–H groups in total. The first kappa shape index (κ1) is 24.0. The maximum absolute atomic E-state index is 13.6. The fourth-order valence-electron chi connectivity index (χ4n) is 4.37. The van der Waals surface area contributed by atoms with E-state index in [0.717, 1.165) is 25.7 Å². The molecule has 2 heterocycles. The summed E-state index contributed by atoms with van der Waals surface area (Å²) in [5.74, 6) is 0.310. The summed E-state index contributed by atoms with van der Waals surface area (Å²) < 4.78 is 7.16. The predicted molar refractivity (Wildman–Crippen MR) is 130 cm³/mol. The second-order valence-electron chi connectivity index (χ2n) is 9.96. The van der Waals surface area contributed by atoms with E-state index in [2.05, 4.69) is 0 Å². The predicted octanol–water partition coefficient (Wildman–Crippen LogP) is 4.08. The Bertz CT molecular complexity index is 1090. The quantitative estimate of drug-likeness (QED) is 0.483. The molecule has 33 heavy (non-hydrogen) atoms. The molecule has 2 aromatic rings. The molecule has 1 aromatic carbocycles. The number of thioether (sulfide) groups is 1. The number of Topliss-reactive ketones (excluding diaryl/α,β-unsaturated/α-hetero) is 1. The number of morpholine rings is 1. The van der Waals surface area contributed by atoms with Crippen LogP contribution >= 0.6 is 11.8 Å². The Morgan fingerprint density at radius 2 is 1.82 bits per heavy atom. The van der Waals surface area contributed by atoms with Gasteiger partial charge in [0.2, 0.25) is 0 Å². The summed E-state index contributed by atoms with van der Waals surface area (Å²) in [6.45, 7) is 7.90. The van der Waals surface area contributed by atoms with Gasteiger partial charge in [0.15, 0.2) is 5.16 Å². The molecule has 1 saturated carbocycles. The number of hydrogen-bond acceptors (Lipinski definition) is 6. The van der Waals surface area contributed by atoms with Crippen LogP contribution in [0.4, 0.5) is 0 Å². The van der Waals surface area contributed by atoms with Crippen LogP contribution in [0.2, 0.25) is 0 Å².